The molecule has 1 fully saturated rings. The van der Waals surface area contributed by atoms with Crippen molar-refractivity contribution in [2.24, 2.45) is 5.92 Å². The van der Waals surface area contributed by atoms with Crippen LogP contribution < -0.4 is 5.73 Å². The van der Waals surface area contributed by atoms with E-state index in [1.54, 1.807) is 0 Å². The number of hydrogen-bond acceptors (Lipinski definition) is 3. The minimum atomic E-state index is -3.49. The van der Waals surface area contributed by atoms with Crippen molar-refractivity contribution in [2.75, 3.05) is 11.5 Å². The predicted molar refractivity (Wildman–Crippen MR) is 60.2 cm³/mol. The summed E-state index contributed by atoms with van der Waals surface area (Å²) in [5.74, 6) is -0.208. The van der Waals surface area contributed by atoms with Crippen molar-refractivity contribution in [3.05, 3.63) is 24.0 Å². The SMILES string of the molecule is Nc1ccc(S(=O)(=O)CCC2CC2)c(F)c1. The number of nitrogen functional groups attached to an aromatic ring is 1. The molecule has 1 aliphatic carbocycles. The zero-order valence-corrected chi connectivity index (χ0v) is 9.63. The van der Waals surface area contributed by atoms with Gasteiger partial charge < -0.3 is 5.73 Å². The monoisotopic (exact) mass is 243 g/mol. The van der Waals surface area contributed by atoms with E-state index in [1.807, 2.05) is 0 Å². The van der Waals surface area contributed by atoms with E-state index < -0.39 is 15.7 Å². The molecule has 1 aliphatic rings. The van der Waals surface area contributed by atoms with E-state index in [-0.39, 0.29) is 16.3 Å². The molecule has 0 aromatic heterocycles. The lowest BCUT2D eigenvalue weighted by atomic mass is 10.3. The fourth-order valence-corrected chi connectivity index (χ4v) is 3.10. The molecule has 0 aliphatic heterocycles. The maximum absolute atomic E-state index is 13.4. The van der Waals surface area contributed by atoms with E-state index in [2.05, 4.69) is 0 Å². The number of nitrogens with two attached hydrogens (primary N) is 1. The average Bonchev–Trinajstić information content (AvgIpc) is 2.97. The lowest BCUT2D eigenvalue weighted by Gasteiger charge is -2.05. The highest BCUT2D eigenvalue weighted by molar-refractivity contribution is 7.91. The van der Waals surface area contributed by atoms with Crippen molar-refractivity contribution >= 4 is 15.5 Å². The summed E-state index contributed by atoms with van der Waals surface area (Å²) in [6.07, 6.45) is 2.83. The molecule has 0 heterocycles. The third-order valence-electron chi connectivity index (χ3n) is 2.78. The van der Waals surface area contributed by atoms with Gasteiger partial charge in [-0.2, -0.15) is 0 Å². The molecule has 0 unspecified atom stereocenters. The van der Waals surface area contributed by atoms with Crippen molar-refractivity contribution in [3.63, 3.8) is 0 Å². The fourth-order valence-electron chi connectivity index (χ4n) is 1.61. The first-order valence-corrected chi connectivity index (χ1v) is 6.92. The molecule has 2 N–H and O–H groups in total. The molecule has 2 rings (SSSR count). The van der Waals surface area contributed by atoms with Crippen LogP contribution in [0.25, 0.3) is 0 Å². The van der Waals surface area contributed by atoms with Crippen LogP contribution in [0.2, 0.25) is 0 Å². The van der Waals surface area contributed by atoms with E-state index in [0.717, 1.165) is 18.9 Å². The number of sulfone groups is 1. The van der Waals surface area contributed by atoms with Gasteiger partial charge in [0.25, 0.3) is 0 Å². The van der Waals surface area contributed by atoms with E-state index in [9.17, 15) is 12.8 Å². The van der Waals surface area contributed by atoms with Gasteiger partial charge in [0.2, 0.25) is 0 Å². The largest absolute Gasteiger partial charge is 0.399 e. The molecule has 0 radical (unpaired) electrons. The van der Waals surface area contributed by atoms with Gasteiger partial charge in [-0.3, -0.25) is 0 Å². The third kappa shape index (κ3) is 2.52. The van der Waals surface area contributed by atoms with Gasteiger partial charge in [-0.25, -0.2) is 12.8 Å². The number of halogens is 1. The van der Waals surface area contributed by atoms with E-state index >= 15 is 0 Å². The second kappa shape index (κ2) is 4.05. The zero-order valence-electron chi connectivity index (χ0n) is 8.82. The van der Waals surface area contributed by atoms with E-state index in [1.165, 1.54) is 12.1 Å². The predicted octanol–water partition coefficient (Wildman–Crippen LogP) is 1.98. The first-order chi connectivity index (χ1) is 7.49. The van der Waals surface area contributed by atoms with Crippen LogP contribution in [0.15, 0.2) is 23.1 Å². The second-order valence-corrected chi connectivity index (χ2v) is 6.32. The topological polar surface area (TPSA) is 60.2 Å². The first-order valence-electron chi connectivity index (χ1n) is 5.27. The quantitative estimate of drug-likeness (QED) is 0.822. The van der Waals surface area contributed by atoms with Gasteiger partial charge in [0.05, 0.1) is 5.75 Å². The van der Waals surface area contributed by atoms with Crippen molar-refractivity contribution < 1.29 is 12.8 Å². The second-order valence-electron chi connectivity index (χ2n) is 4.24. The zero-order chi connectivity index (χ0) is 11.8. The van der Waals surface area contributed by atoms with Gasteiger partial charge >= 0.3 is 0 Å². The van der Waals surface area contributed by atoms with Crippen LogP contribution in [-0.2, 0) is 9.84 Å². The maximum atomic E-state index is 13.4. The van der Waals surface area contributed by atoms with E-state index in [4.69, 9.17) is 5.73 Å². The van der Waals surface area contributed by atoms with Gasteiger partial charge in [-0.15, -0.1) is 0 Å². The molecule has 1 aromatic rings. The average molecular weight is 243 g/mol. The van der Waals surface area contributed by atoms with Crippen LogP contribution in [0.3, 0.4) is 0 Å². The van der Waals surface area contributed by atoms with Crippen LogP contribution in [0.1, 0.15) is 19.3 Å². The Hall–Kier alpha value is -1.10. The van der Waals surface area contributed by atoms with Crippen LogP contribution >= 0.6 is 0 Å². The number of hydrogen-bond donors (Lipinski definition) is 1. The summed E-state index contributed by atoms with van der Waals surface area (Å²) >= 11 is 0. The molecular formula is C11H14FNO2S. The summed E-state index contributed by atoms with van der Waals surface area (Å²) in [6.45, 7) is 0. The molecule has 0 amide bonds. The molecule has 0 spiro atoms. The Bertz CT molecular complexity index is 495. The molecule has 0 bridgehead atoms. The number of benzene rings is 1. The molecule has 16 heavy (non-hydrogen) atoms. The lowest BCUT2D eigenvalue weighted by Crippen LogP contribution is -2.09. The molecule has 88 valence electrons. The highest BCUT2D eigenvalue weighted by atomic mass is 32.2. The van der Waals surface area contributed by atoms with Gasteiger partial charge in [0.15, 0.2) is 9.84 Å². The molecule has 1 aromatic carbocycles. The van der Waals surface area contributed by atoms with Gasteiger partial charge in [0.1, 0.15) is 10.7 Å². The first kappa shape index (κ1) is 11.4. The fraction of sp³-hybridized carbons (Fsp3) is 0.455. The molecule has 1 saturated carbocycles. The Morgan fingerprint density at radius 3 is 2.62 bits per heavy atom. The Labute approximate surface area is 94.4 Å². The minimum Gasteiger partial charge on any atom is -0.399 e. The normalized spacial score (nSPS) is 16.3. The van der Waals surface area contributed by atoms with Gasteiger partial charge in [0, 0.05) is 5.69 Å². The Kier molecular flexibility index (Phi) is 2.88. The van der Waals surface area contributed by atoms with E-state index in [0.29, 0.717) is 12.3 Å². The molecule has 5 heteroatoms. The van der Waals surface area contributed by atoms with Gasteiger partial charge in [-0.1, -0.05) is 12.8 Å². The Morgan fingerprint density at radius 1 is 1.38 bits per heavy atom. The summed E-state index contributed by atoms with van der Waals surface area (Å²) in [5, 5.41) is 0. The number of rotatable bonds is 4. The maximum Gasteiger partial charge on any atom is 0.181 e. The Balaban J connectivity index is 2.20. The summed E-state index contributed by atoms with van der Waals surface area (Å²) in [6, 6.07) is 3.70. The smallest absolute Gasteiger partial charge is 0.181 e. The highest BCUT2D eigenvalue weighted by Gasteiger charge is 2.26. The van der Waals surface area contributed by atoms with Crippen molar-refractivity contribution in [1.29, 1.82) is 0 Å². The van der Waals surface area contributed by atoms with Crippen LogP contribution in [-0.4, -0.2) is 14.2 Å². The highest BCUT2D eigenvalue weighted by Crippen LogP contribution is 2.33. The summed E-state index contributed by atoms with van der Waals surface area (Å²) in [4.78, 5) is -0.234. The number of anilines is 1. The molecule has 3 nitrogen and oxygen atoms in total. The standard InChI is InChI=1S/C11H14FNO2S/c12-10-7-9(13)3-4-11(10)16(14,15)6-5-8-1-2-8/h3-4,7-8H,1-2,5-6,13H2. The Morgan fingerprint density at radius 2 is 2.06 bits per heavy atom. The molecular weight excluding hydrogens is 229 g/mol. The summed E-state index contributed by atoms with van der Waals surface area (Å²) < 4.78 is 37.1. The van der Waals surface area contributed by atoms with Crippen LogP contribution in [0.5, 0.6) is 0 Å². The van der Waals surface area contributed by atoms with Crippen LogP contribution in [0.4, 0.5) is 10.1 Å². The minimum absolute atomic E-state index is 0.0263. The summed E-state index contributed by atoms with van der Waals surface area (Å²) in [5.41, 5.74) is 5.60. The molecule has 0 atom stereocenters. The van der Waals surface area contributed by atoms with Crippen molar-refractivity contribution in [2.45, 2.75) is 24.2 Å². The third-order valence-corrected chi connectivity index (χ3v) is 4.56. The van der Waals surface area contributed by atoms with Crippen molar-refractivity contribution in [1.82, 2.24) is 0 Å². The van der Waals surface area contributed by atoms with Gasteiger partial charge in [-0.05, 0) is 30.5 Å². The molecule has 0 saturated heterocycles. The summed E-state index contributed by atoms with van der Waals surface area (Å²) in [7, 11) is -3.49. The lowest BCUT2D eigenvalue weighted by molar-refractivity contribution is 0.564. The van der Waals surface area contributed by atoms with Crippen LogP contribution in [0, 0.1) is 11.7 Å². The van der Waals surface area contributed by atoms with Crippen molar-refractivity contribution in [3.8, 4) is 0 Å².